The molecule has 2 rings (SSSR count). The van der Waals surface area contributed by atoms with Crippen LogP contribution in [0, 0.1) is 23.0 Å². The van der Waals surface area contributed by atoms with Crippen molar-refractivity contribution >= 4 is 10.0 Å². The largest absolute Gasteiger partial charge is 0.242 e. The summed E-state index contributed by atoms with van der Waals surface area (Å²) in [5.74, 6) is -2.06. The Morgan fingerprint density at radius 2 is 1.82 bits per heavy atom. The number of nitriles is 1. The highest BCUT2D eigenvalue weighted by Gasteiger charge is 2.21. The van der Waals surface area contributed by atoms with E-state index in [1.54, 1.807) is 12.1 Å². The lowest BCUT2D eigenvalue weighted by Crippen LogP contribution is -2.27. The zero-order valence-electron chi connectivity index (χ0n) is 11.5. The molecule has 0 radical (unpaired) electrons. The second kappa shape index (κ2) is 6.22. The van der Waals surface area contributed by atoms with Crippen molar-refractivity contribution in [3.63, 3.8) is 0 Å². The van der Waals surface area contributed by atoms with Crippen LogP contribution in [0.15, 0.2) is 47.4 Å². The number of rotatable bonds is 4. The summed E-state index contributed by atoms with van der Waals surface area (Å²) in [5.41, 5.74) is 0.282. The van der Waals surface area contributed by atoms with Crippen LogP contribution in [0.25, 0.3) is 0 Å². The number of nitrogens with one attached hydrogen (secondary N) is 1. The third kappa shape index (κ3) is 3.30. The predicted molar refractivity (Wildman–Crippen MR) is 76.3 cm³/mol. The van der Waals surface area contributed by atoms with Crippen molar-refractivity contribution in [2.75, 3.05) is 0 Å². The lowest BCUT2D eigenvalue weighted by atomic mass is 10.1. The Labute approximate surface area is 127 Å². The molecule has 0 aliphatic rings. The molecule has 22 heavy (non-hydrogen) atoms. The fourth-order valence-electron chi connectivity index (χ4n) is 1.94. The maximum Gasteiger partial charge on any atom is 0.242 e. The van der Waals surface area contributed by atoms with E-state index in [0.717, 1.165) is 12.1 Å². The van der Waals surface area contributed by atoms with Gasteiger partial charge in [0.15, 0.2) is 11.6 Å². The highest BCUT2D eigenvalue weighted by atomic mass is 32.2. The van der Waals surface area contributed by atoms with Crippen LogP contribution in [0.5, 0.6) is 0 Å². The van der Waals surface area contributed by atoms with Gasteiger partial charge >= 0.3 is 0 Å². The molecule has 1 N–H and O–H groups in total. The Kier molecular flexibility index (Phi) is 4.54. The van der Waals surface area contributed by atoms with Crippen molar-refractivity contribution in [2.24, 2.45) is 0 Å². The van der Waals surface area contributed by atoms with Gasteiger partial charge < -0.3 is 0 Å². The SMILES string of the molecule is C[C@@H](NS(=O)(=O)c1ccccc1C#N)c1ccc(F)c(F)c1. The van der Waals surface area contributed by atoms with Crippen molar-refractivity contribution in [3.8, 4) is 6.07 Å². The fourth-order valence-corrected chi connectivity index (χ4v) is 3.33. The molecular weight excluding hydrogens is 310 g/mol. The van der Waals surface area contributed by atoms with E-state index in [-0.39, 0.29) is 16.0 Å². The molecule has 2 aromatic carbocycles. The second-order valence-corrected chi connectivity index (χ2v) is 6.31. The number of nitrogens with zero attached hydrogens (tertiary/aromatic N) is 1. The minimum absolute atomic E-state index is 0.00693. The van der Waals surface area contributed by atoms with Gasteiger partial charge in [-0.3, -0.25) is 0 Å². The third-order valence-corrected chi connectivity index (χ3v) is 4.67. The van der Waals surface area contributed by atoms with Gasteiger partial charge in [0, 0.05) is 6.04 Å². The summed E-state index contributed by atoms with van der Waals surface area (Å²) >= 11 is 0. The van der Waals surface area contributed by atoms with E-state index in [9.17, 15) is 17.2 Å². The summed E-state index contributed by atoms with van der Waals surface area (Å²) in [5, 5.41) is 8.97. The van der Waals surface area contributed by atoms with Crippen LogP contribution in [0.3, 0.4) is 0 Å². The first-order chi connectivity index (χ1) is 10.3. The van der Waals surface area contributed by atoms with Crippen LogP contribution in [-0.4, -0.2) is 8.42 Å². The van der Waals surface area contributed by atoms with E-state index < -0.39 is 27.7 Å². The van der Waals surface area contributed by atoms with E-state index in [1.807, 2.05) is 0 Å². The van der Waals surface area contributed by atoms with Crippen molar-refractivity contribution in [3.05, 3.63) is 65.2 Å². The normalized spacial score (nSPS) is 12.6. The zero-order valence-corrected chi connectivity index (χ0v) is 12.4. The molecule has 0 unspecified atom stereocenters. The minimum atomic E-state index is -3.96. The van der Waals surface area contributed by atoms with E-state index in [4.69, 9.17) is 5.26 Å². The molecule has 0 fully saturated rings. The number of sulfonamides is 1. The smallest absolute Gasteiger partial charge is 0.207 e. The van der Waals surface area contributed by atoms with Gasteiger partial charge in [-0.05, 0) is 36.8 Å². The Morgan fingerprint density at radius 1 is 1.14 bits per heavy atom. The predicted octanol–water partition coefficient (Wildman–Crippen LogP) is 2.88. The minimum Gasteiger partial charge on any atom is -0.207 e. The van der Waals surface area contributed by atoms with Crippen molar-refractivity contribution in [1.29, 1.82) is 5.26 Å². The maximum atomic E-state index is 13.2. The molecule has 0 aromatic heterocycles. The maximum absolute atomic E-state index is 13.2. The summed E-state index contributed by atoms with van der Waals surface area (Å²) in [6.45, 7) is 1.50. The Balaban J connectivity index is 2.32. The van der Waals surface area contributed by atoms with Gasteiger partial charge in [-0.1, -0.05) is 18.2 Å². The van der Waals surface area contributed by atoms with Crippen LogP contribution < -0.4 is 4.72 Å². The van der Waals surface area contributed by atoms with Gasteiger partial charge in [0.25, 0.3) is 0 Å². The fraction of sp³-hybridized carbons (Fsp3) is 0.133. The zero-order chi connectivity index (χ0) is 16.3. The Morgan fingerprint density at radius 3 is 2.45 bits per heavy atom. The monoisotopic (exact) mass is 322 g/mol. The first-order valence-corrected chi connectivity index (χ1v) is 7.80. The summed E-state index contributed by atoms with van der Waals surface area (Å²) in [6.07, 6.45) is 0. The van der Waals surface area contributed by atoms with E-state index in [0.29, 0.717) is 0 Å². The second-order valence-electron chi connectivity index (χ2n) is 4.62. The molecular formula is C15H12F2N2O2S. The number of hydrogen-bond acceptors (Lipinski definition) is 3. The summed E-state index contributed by atoms with van der Waals surface area (Å²) in [6, 6.07) is 9.91. The molecule has 0 heterocycles. The van der Waals surface area contributed by atoms with Crippen molar-refractivity contribution in [1.82, 2.24) is 4.72 Å². The van der Waals surface area contributed by atoms with Crippen LogP contribution in [0.2, 0.25) is 0 Å². The highest BCUT2D eigenvalue weighted by molar-refractivity contribution is 7.89. The molecule has 0 aliphatic carbocycles. The molecule has 0 saturated heterocycles. The molecule has 2 aromatic rings. The van der Waals surface area contributed by atoms with E-state index in [1.165, 1.54) is 31.2 Å². The Bertz CT molecular complexity index is 845. The molecule has 0 aliphatic heterocycles. The molecule has 0 bridgehead atoms. The van der Waals surface area contributed by atoms with Crippen LogP contribution in [0.1, 0.15) is 24.1 Å². The molecule has 0 spiro atoms. The lowest BCUT2D eigenvalue weighted by molar-refractivity contribution is 0.504. The van der Waals surface area contributed by atoms with E-state index >= 15 is 0 Å². The van der Waals surface area contributed by atoms with E-state index in [2.05, 4.69) is 4.72 Å². The van der Waals surface area contributed by atoms with Gasteiger partial charge in [0.05, 0.1) is 10.5 Å². The van der Waals surface area contributed by atoms with Gasteiger partial charge in [-0.2, -0.15) is 5.26 Å². The van der Waals surface area contributed by atoms with Gasteiger partial charge in [0.2, 0.25) is 10.0 Å². The number of benzene rings is 2. The average Bonchev–Trinajstić information content (AvgIpc) is 2.49. The lowest BCUT2D eigenvalue weighted by Gasteiger charge is -2.15. The number of halogens is 2. The van der Waals surface area contributed by atoms with Crippen LogP contribution in [-0.2, 0) is 10.0 Å². The van der Waals surface area contributed by atoms with Crippen molar-refractivity contribution in [2.45, 2.75) is 17.9 Å². The standard InChI is InChI=1S/C15H12F2N2O2S/c1-10(11-6-7-13(16)14(17)8-11)19-22(20,21)15-5-3-2-4-12(15)9-18/h2-8,10,19H,1H3/t10-/m1/s1. The number of hydrogen-bond donors (Lipinski definition) is 1. The highest BCUT2D eigenvalue weighted by Crippen LogP contribution is 2.20. The Hall–Kier alpha value is -2.30. The molecule has 0 amide bonds. The van der Waals surface area contributed by atoms with Crippen LogP contribution in [0.4, 0.5) is 8.78 Å². The topological polar surface area (TPSA) is 70.0 Å². The first kappa shape index (κ1) is 16.1. The summed E-state index contributed by atoms with van der Waals surface area (Å²) < 4.78 is 53.1. The van der Waals surface area contributed by atoms with Crippen molar-refractivity contribution < 1.29 is 17.2 Å². The van der Waals surface area contributed by atoms with Gasteiger partial charge in [-0.15, -0.1) is 0 Å². The van der Waals surface area contributed by atoms with Gasteiger partial charge in [-0.25, -0.2) is 21.9 Å². The third-order valence-electron chi connectivity index (χ3n) is 3.07. The van der Waals surface area contributed by atoms with Gasteiger partial charge in [0.1, 0.15) is 6.07 Å². The quantitative estimate of drug-likeness (QED) is 0.941. The molecule has 114 valence electrons. The summed E-state index contributed by atoms with van der Waals surface area (Å²) in [4.78, 5) is -0.160. The molecule has 7 heteroatoms. The molecule has 1 atom stereocenters. The molecule has 0 saturated carbocycles. The molecule has 4 nitrogen and oxygen atoms in total. The summed E-state index contributed by atoms with van der Waals surface area (Å²) in [7, 11) is -3.96. The van der Waals surface area contributed by atoms with Crippen LogP contribution >= 0.6 is 0 Å². The average molecular weight is 322 g/mol. The first-order valence-electron chi connectivity index (χ1n) is 6.31.